The molecule has 0 saturated carbocycles. The number of nitrogens with one attached hydrogen (secondary N) is 1. The van der Waals surface area contributed by atoms with E-state index in [0.29, 0.717) is 5.69 Å². The van der Waals surface area contributed by atoms with Crippen molar-refractivity contribution in [2.75, 3.05) is 0 Å². The highest BCUT2D eigenvalue weighted by Crippen LogP contribution is 2.24. The van der Waals surface area contributed by atoms with E-state index in [-0.39, 0.29) is 11.3 Å². The molecule has 0 aliphatic carbocycles. The van der Waals surface area contributed by atoms with Crippen molar-refractivity contribution in [2.45, 2.75) is 0 Å². The number of phenolic OH excluding ortho intramolecular Hbond substituents is 1. The van der Waals surface area contributed by atoms with Crippen LogP contribution in [0, 0.1) is 0 Å². The first kappa shape index (κ1) is 12.3. The Morgan fingerprint density at radius 1 is 1.10 bits per heavy atom. The standard InChI is InChI=1S/C15H12N2O3/c18-13-8-11(15(19)16-20)7-12(9-13)17-6-5-10-3-1-2-4-14(10)17/h1-9,18,20H,(H,16,19). The van der Waals surface area contributed by atoms with Gasteiger partial charge in [-0.3, -0.25) is 10.0 Å². The maximum Gasteiger partial charge on any atom is 0.274 e. The molecule has 1 heterocycles. The monoisotopic (exact) mass is 268 g/mol. The number of amides is 1. The maximum absolute atomic E-state index is 11.5. The van der Waals surface area contributed by atoms with Crippen LogP contribution in [0.5, 0.6) is 5.75 Å². The van der Waals surface area contributed by atoms with E-state index >= 15 is 0 Å². The largest absolute Gasteiger partial charge is 0.508 e. The third-order valence-electron chi connectivity index (χ3n) is 3.14. The van der Waals surface area contributed by atoms with E-state index in [2.05, 4.69) is 0 Å². The van der Waals surface area contributed by atoms with Crippen LogP contribution in [0.1, 0.15) is 10.4 Å². The molecule has 1 aromatic heterocycles. The van der Waals surface area contributed by atoms with Crippen LogP contribution in [0.2, 0.25) is 0 Å². The summed E-state index contributed by atoms with van der Waals surface area (Å²) in [5, 5.41) is 19.5. The van der Waals surface area contributed by atoms with E-state index in [1.165, 1.54) is 6.07 Å². The number of hydrogen-bond donors (Lipinski definition) is 3. The second-order valence-corrected chi connectivity index (χ2v) is 4.42. The van der Waals surface area contributed by atoms with Crippen molar-refractivity contribution in [3.8, 4) is 11.4 Å². The molecular formula is C15H12N2O3. The normalized spacial score (nSPS) is 10.7. The van der Waals surface area contributed by atoms with Crippen molar-refractivity contribution < 1.29 is 15.1 Å². The van der Waals surface area contributed by atoms with Crippen molar-refractivity contribution in [2.24, 2.45) is 0 Å². The molecule has 0 unspecified atom stereocenters. The number of carbonyl (C=O) groups is 1. The van der Waals surface area contributed by atoms with Gasteiger partial charge in [-0.2, -0.15) is 0 Å². The lowest BCUT2D eigenvalue weighted by molar-refractivity contribution is 0.0706. The summed E-state index contributed by atoms with van der Waals surface area (Å²) in [6.45, 7) is 0. The Bertz CT molecular complexity index is 793. The lowest BCUT2D eigenvalue weighted by Gasteiger charge is -2.08. The van der Waals surface area contributed by atoms with Gasteiger partial charge in [-0.15, -0.1) is 0 Å². The summed E-state index contributed by atoms with van der Waals surface area (Å²) in [5.41, 5.74) is 3.35. The van der Waals surface area contributed by atoms with Gasteiger partial charge in [0.2, 0.25) is 0 Å². The Morgan fingerprint density at radius 3 is 2.70 bits per heavy atom. The number of hydrogen-bond acceptors (Lipinski definition) is 3. The van der Waals surface area contributed by atoms with Crippen LogP contribution in [0.3, 0.4) is 0 Å². The topological polar surface area (TPSA) is 74.5 Å². The minimum Gasteiger partial charge on any atom is -0.508 e. The SMILES string of the molecule is O=C(NO)c1cc(O)cc(-n2ccc3ccccc32)c1. The first-order valence-corrected chi connectivity index (χ1v) is 6.04. The Labute approximate surface area is 114 Å². The van der Waals surface area contributed by atoms with Gasteiger partial charge in [0.1, 0.15) is 5.75 Å². The number of benzene rings is 2. The first-order valence-electron chi connectivity index (χ1n) is 6.04. The van der Waals surface area contributed by atoms with Crippen molar-refractivity contribution >= 4 is 16.8 Å². The van der Waals surface area contributed by atoms with Gasteiger partial charge in [0.05, 0.1) is 11.2 Å². The maximum atomic E-state index is 11.5. The number of carbonyl (C=O) groups excluding carboxylic acids is 1. The quantitative estimate of drug-likeness (QED) is 0.493. The minimum atomic E-state index is -0.668. The molecule has 3 aromatic rings. The molecule has 0 fully saturated rings. The zero-order valence-corrected chi connectivity index (χ0v) is 10.4. The Balaban J connectivity index is 2.19. The molecule has 100 valence electrons. The smallest absolute Gasteiger partial charge is 0.274 e. The number of aromatic nitrogens is 1. The van der Waals surface area contributed by atoms with Crippen LogP contribution in [0.4, 0.5) is 0 Å². The number of para-hydroxylation sites is 1. The lowest BCUT2D eigenvalue weighted by atomic mass is 10.1. The zero-order valence-electron chi connectivity index (χ0n) is 10.4. The zero-order chi connectivity index (χ0) is 14.1. The molecule has 0 aliphatic rings. The molecule has 0 saturated heterocycles. The van der Waals surface area contributed by atoms with Crippen molar-refractivity contribution in [3.05, 3.63) is 60.3 Å². The highest BCUT2D eigenvalue weighted by molar-refractivity contribution is 5.94. The minimum absolute atomic E-state index is 0.0427. The third kappa shape index (κ3) is 2.00. The second-order valence-electron chi connectivity index (χ2n) is 4.42. The van der Waals surface area contributed by atoms with Gasteiger partial charge < -0.3 is 9.67 Å². The van der Waals surface area contributed by atoms with Crippen LogP contribution >= 0.6 is 0 Å². The summed E-state index contributed by atoms with van der Waals surface area (Å²) in [6, 6.07) is 14.2. The molecule has 5 heteroatoms. The lowest BCUT2D eigenvalue weighted by Crippen LogP contribution is -2.18. The summed E-state index contributed by atoms with van der Waals surface area (Å²) < 4.78 is 1.86. The van der Waals surface area contributed by atoms with Gasteiger partial charge in [-0.1, -0.05) is 18.2 Å². The molecule has 3 N–H and O–H groups in total. The summed E-state index contributed by atoms with van der Waals surface area (Å²) >= 11 is 0. The van der Waals surface area contributed by atoms with Crippen LogP contribution in [-0.2, 0) is 0 Å². The Morgan fingerprint density at radius 2 is 1.90 bits per heavy atom. The van der Waals surface area contributed by atoms with E-state index in [4.69, 9.17) is 5.21 Å². The van der Waals surface area contributed by atoms with Crippen LogP contribution in [-0.4, -0.2) is 20.8 Å². The molecule has 0 spiro atoms. The summed E-state index contributed by atoms with van der Waals surface area (Å²) in [7, 11) is 0. The summed E-state index contributed by atoms with van der Waals surface area (Å²) in [4.78, 5) is 11.5. The molecule has 1 amide bonds. The number of hydroxylamine groups is 1. The molecular weight excluding hydrogens is 256 g/mol. The van der Waals surface area contributed by atoms with Gasteiger partial charge in [-0.05, 0) is 29.7 Å². The van der Waals surface area contributed by atoms with Crippen LogP contribution in [0.25, 0.3) is 16.6 Å². The average molecular weight is 268 g/mol. The second kappa shape index (κ2) is 4.71. The summed E-state index contributed by atoms with van der Waals surface area (Å²) in [6.07, 6.45) is 1.86. The van der Waals surface area contributed by atoms with E-state index in [1.807, 2.05) is 41.1 Å². The molecule has 3 rings (SSSR count). The van der Waals surface area contributed by atoms with Gasteiger partial charge in [-0.25, -0.2) is 5.48 Å². The number of aromatic hydroxyl groups is 1. The Hall–Kier alpha value is -2.79. The van der Waals surface area contributed by atoms with Crippen LogP contribution in [0.15, 0.2) is 54.7 Å². The van der Waals surface area contributed by atoms with Crippen molar-refractivity contribution in [3.63, 3.8) is 0 Å². The molecule has 2 aromatic carbocycles. The van der Waals surface area contributed by atoms with Crippen molar-refractivity contribution in [1.29, 1.82) is 0 Å². The molecule has 0 radical (unpaired) electrons. The highest BCUT2D eigenvalue weighted by Gasteiger charge is 2.10. The molecule has 0 aliphatic heterocycles. The van der Waals surface area contributed by atoms with Gasteiger partial charge in [0.15, 0.2) is 0 Å². The number of phenols is 1. The molecule has 0 bridgehead atoms. The first-order chi connectivity index (χ1) is 9.69. The van der Waals surface area contributed by atoms with Gasteiger partial charge in [0.25, 0.3) is 5.91 Å². The highest BCUT2D eigenvalue weighted by atomic mass is 16.5. The van der Waals surface area contributed by atoms with Crippen LogP contribution < -0.4 is 5.48 Å². The number of nitrogens with zero attached hydrogens (tertiary/aromatic N) is 1. The Kier molecular flexibility index (Phi) is 2.89. The predicted octanol–water partition coefficient (Wildman–Crippen LogP) is 2.46. The van der Waals surface area contributed by atoms with E-state index in [9.17, 15) is 9.90 Å². The average Bonchev–Trinajstić information content (AvgIpc) is 2.89. The van der Waals surface area contributed by atoms with E-state index in [1.54, 1.807) is 17.6 Å². The van der Waals surface area contributed by atoms with E-state index in [0.717, 1.165) is 10.9 Å². The van der Waals surface area contributed by atoms with E-state index < -0.39 is 5.91 Å². The number of fused-ring (bicyclic) bond motifs is 1. The fourth-order valence-corrected chi connectivity index (χ4v) is 2.24. The molecule has 0 atom stereocenters. The fourth-order valence-electron chi connectivity index (χ4n) is 2.24. The molecule has 5 nitrogen and oxygen atoms in total. The third-order valence-corrected chi connectivity index (χ3v) is 3.14. The van der Waals surface area contributed by atoms with Gasteiger partial charge in [0, 0.05) is 17.8 Å². The van der Waals surface area contributed by atoms with Gasteiger partial charge >= 0.3 is 0 Å². The number of rotatable bonds is 2. The fraction of sp³-hybridized carbons (Fsp3) is 0. The predicted molar refractivity (Wildman–Crippen MR) is 74.2 cm³/mol. The summed E-state index contributed by atoms with van der Waals surface area (Å²) in [5.74, 6) is -0.711. The molecule has 20 heavy (non-hydrogen) atoms. The van der Waals surface area contributed by atoms with Crippen molar-refractivity contribution in [1.82, 2.24) is 10.0 Å².